The molecule has 3 aromatic heterocycles. The smallest absolute Gasteiger partial charge is 0.355 e. The SMILES string of the molecule is FC(F)(F)C(F)(F)C(F)(F)c1cc2cc3ccc(cc4nc(cc5nc(cc1[nH]2)C=C5)C=C4)[nH]3. The van der Waals surface area contributed by atoms with Gasteiger partial charge in [-0.15, -0.1) is 0 Å². The first-order valence-electron chi connectivity index (χ1n) is 9.84. The van der Waals surface area contributed by atoms with Gasteiger partial charge in [-0.2, -0.15) is 30.7 Å². The Hall–Kier alpha value is -3.89. The molecule has 4 nitrogen and oxygen atoms in total. The third-order valence-electron chi connectivity index (χ3n) is 5.26. The first-order valence-corrected chi connectivity index (χ1v) is 9.84. The van der Waals surface area contributed by atoms with Crippen molar-refractivity contribution in [2.24, 2.45) is 0 Å². The van der Waals surface area contributed by atoms with Crippen LogP contribution in [0.15, 0.2) is 42.5 Å². The fourth-order valence-corrected chi connectivity index (χ4v) is 3.63. The number of H-pyrrole nitrogens is 2. The summed E-state index contributed by atoms with van der Waals surface area (Å²) in [6, 6.07) is 9.49. The monoisotopic (exact) mass is 478 g/mol. The van der Waals surface area contributed by atoms with Crippen molar-refractivity contribution in [3.63, 3.8) is 0 Å². The third kappa shape index (κ3) is 3.66. The summed E-state index contributed by atoms with van der Waals surface area (Å²) in [6.07, 6.45) is 0.0326. The van der Waals surface area contributed by atoms with E-state index in [9.17, 15) is 30.7 Å². The second-order valence-electron chi connectivity index (χ2n) is 7.73. The van der Waals surface area contributed by atoms with Crippen molar-refractivity contribution < 1.29 is 30.7 Å². The zero-order valence-electron chi connectivity index (χ0n) is 16.9. The number of nitrogens with one attached hydrogen (secondary N) is 2. The number of nitrogens with zero attached hydrogens (tertiary/aromatic N) is 2. The molecule has 3 aromatic rings. The minimum atomic E-state index is -6.46. The van der Waals surface area contributed by atoms with E-state index < -0.39 is 29.1 Å². The molecular formula is C23H13F7N4. The Labute approximate surface area is 186 Å². The zero-order valence-corrected chi connectivity index (χ0v) is 16.9. The average Bonchev–Trinajstić information content (AvgIpc) is 3.51. The average molecular weight is 478 g/mol. The lowest BCUT2D eigenvalue weighted by molar-refractivity contribution is -0.359. The number of aromatic amines is 2. The molecular weight excluding hydrogens is 465 g/mol. The third-order valence-corrected chi connectivity index (χ3v) is 5.26. The summed E-state index contributed by atoms with van der Waals surface area (Å²) < 4.78 is 95.5. The Balaban J connectivity index is 1.83. The van der Waals surface area contributed by atoms with Crippen molar-refractivity contribution >= 4 is 46.4 Å². The van der Waals surface area contributed by atoms with E-state index in [0.29, 0.717) is 34.2 Å². The van der Waals surface area contributed by atoms with Gasteiger partial charge in [0.05, 0.1) is 33.9 Å². The van der Waals surface area contributed by atoms with Crippen molar-refractivity contribution in [3.05, 3.63) is 70.8 Å². The Morgan fingerprint density at radius 3 is 1.68 bits per heavy atom. The highest BCUT2D eigenvalue weighted by Crippen LogP contribution is 2.52. The summed E-state index contributed by atoms with van der Waals surface area (Å²) in [7, 11) is 0. The fourth-order valence-electron chi connectivity index (χ4n) is 3.63. The molecule has 0 saturated heterocycles. The van der Waals surface area contributed by atoms with Gasteiger partial charge >= 0.3 is 18.0 Å². The van der Waals surface area contributed by atoms with Gasteiger partial charge in [0.25, 0.3) is 0 Å². The van der Waals surface area contributed by atoms with Gasteiger partial charge < -0.3 is 9.97 Å². The van der Waals surface area contributed by atoms with Crippen molar-refractivity contribution in [1.82, 2.24) is 19.9 Å². The summed E-state index contributed by atoms with van der Waals surface area (Å²) >= 11 is 0. The summed E-state index contributed by atoms with van der Waals surface area (Å²) in [4.78, 5) is 14.1. The molecule has 0 amide bonds. The lowest BCUT2D eigenvalue weighted by Crippen LogP contribution is -2.49. The second kappa shape index (κ2) is 7.31. The van der Waals surface area contributed by atoms with E-state index >= 15 is 0 Å². The lowest BCUT2D eigenvalue weighted by Gasteiger charge is -2.27. The topological polar surface area (TPSA) is 57.4 Å². The van der Waals surface area contributed by atoms with Crippen LogP contribution in [0.2, 0.25) is 0 Å². The van der Waals surface area contributed by atoms with E-state index in [1.807, 2.05) is 0 Å². The standard InChI is InChI=1S/C23H13F7N4/c24-21(25,22(26,27)23(28,29)30)19-10-18-9-16-4-3-14(32-16)7-12-1-2-13(31-12)8-15-5-6-17(33-15)11-20(19)34-18/h1-11,32,34H. The van der Waals surface area contributed by atoms with Crippen LogP contribution >= 0.6 is 0 Å². The quantitative estimate of drug-likeness (QED) is 0.270. The predicted octanol–water partition coefficient (Wildman–Crippen LogP) is 6.95. The van der Waals surface area contributed by atoms with Crippen LogP contribution in [-0.4, -0.2) is 32.0 Å². The van der Waals surface area contributed by atoms with Crippen LogP contribution in [0, 0.1) is 0 Å². The molecule has 174 valence electrons. The molecule has 0 aromatic carbocycles. The van der Waals surface area contributed by atoms with Gasteiger partial charge in [-0.05, 0) is 66.8 Å². The highest BCUT2D eigenvalue weighted by molar-refractivity contribution is 5.78. The Bertz CT molecular complexity index is 1510. The molecule has 0 unspecified atom stereocenters. The largest absolute Gasteiger partial charge is 0.460 e. The molecule has 8 bridgehead atoms. The van der Waals surface area contributed by atoms with Crippen LogP contribution in [0.1, 0.15) is 28.3 Å². The molecule has 2 N–H and O–H groups in total. The lowest BCUT2D eigenvalue weighted by atomic mass is 10.0. The van der Waals surface area contributed by atoms with Crippen LogP contribution in [0.5, 0.6) is 0 Å². The number of fused-ring (bicyclic) bond motifs is 8. The van der Waals surface area contributed by atoms with Crippen molar-refractivity contribution in [1.29, 1.82) is 0 Å². The van der Waals surface area contributed by atoms with E-state index in [-0.39, 0.29) is 11.2 Å². The molecule has 0 fully saturated rings. The molecule has 11 heteroatoms. The van der Waals surface area contributed by atoms with Crippen molar-refractivity contribution in [2.45, 2.75) is 18.0 Å². The van der Waals surface area contributed by atoms with Crippen molar-refractivity contribution in [3.8, 4) is 0 Å². The van der Waals surface area contributed by atoms with Gasteiger partial charge in [-0.1, -0.05) is 0 Å². The molecule has 34 heavy (non-hydrogen) atoms. The van der Waals surface area contributed by atoms with Crippen LogP contribution in [0.25, 0.3) is 46.4 Å². The van der Waals surface area contributed by atoms with Gasteiger partial charge in [-0.25, -0.2) is 9.97 Å². The Morgan fingerprint density at radius 1 is 0.559 bits per heavy atom. The molecule has 0 spiro atoms. The van der Waals surface area contributed by atoms with Gasteiger partial charge in [0, 0.05) is 16.6 Å². The van der Waals surface area contributed by atoms with Crippen LogP contribution < -0.4 is 0 Å². The number of halogens is 7. The van der Waals surface area contributed by atoms with Crippen LogP contribution in [-0.2, 0) is 5.92 Å². The Morgan fingerprint density at radius 2 is 1.09 bits per heavy atom. The van der Waals surface area contributed by atoms with Gasteiger partial charge in [0.15, 0.2) is 0 Å². The highest BCUT2D eigenvalue weighted by atomic mass is 19.4. The molecule has 0 saturated carbocycles. The van der Waals surface area contributed by atoms with Gasteiger partial charge in [-0.3, -0.25) is 0 Å². The number of rotatable bonds is 2. The maximum absolute atomic E-state index is 14.7. The summed E-state index contributed by atoms with van der Waals surface area (Å²) in [5.41, 5.74) is 0.482. The van der Waals surface area contributed by atoms with E-state index in [1.165, 1.54) is 18.2 Å². The number of hydrogen-bond donors (Lipinski definition) is 2. The molecule has 2 aliphatic rings. The predicted molar refractivity (Wildman–Crippen MR) is 114 cm³/mol. The van der Waals surface area contributed by atoms with E-state index in [2.05, 4.69) is 19.9 Å². The summed E-state index contributed by atoms with van der Waals surface area (Å²) in [5.74, 6) is -11.8. The fraction of sp³-hybridized carbons (Fsp3) is 0.130. The van der Waals surface area contributed by atoms with E-state index in [4.69, 9.17) is 0 Å². The summed E-state index contributed by atoms with van der Waals surface area (Å²) in [5, 5.41) is 0. The second-order valence-corrected chi connectivity index (χ2v) is 7.73. The summed E-state index contributed by atoms with van der Waals surface area (Å²) in [6.45, 7) is 0. The van der Waals surface area contributed by atoms with Gasteiger partial charge in [0.2, 0.25) is 0 Å². The normalized spacial score (nSPS) is 14.1. The number of alkyl halides is 7. The van der Waals surface area contributed by atoms with Crippen LogP contribution in [0.3, 0.4) is 0 Å². The van der Waals surface area contributed by atoms with Crippen LogP contribution in [0.4, 0.5) is 30.7 Å². The molecule has 5 heterocycles. The first-order chi connectivity index (χ1) is 15.9. The zero-order chi connectivity index (χ0) is 24.3. The maximum Gasteiger partial charge on any atom is 0.460 e. The molecule has 0 atom stereocenters. The maximum atomic E-state index is 14.7. The molecule has 2 aliphatic heterocycles. The van der Waals surface area contributed by atoms with E-state index in [1.54, 1.807) is 36.4 Å². The minimum absolute atomic E-state index is 0.0830. The molecule has 0 radical (unpaired) electrons. The first kappa shape index (κ1) is 21.9. The van der Waals surface area contributed by atoms with Gasteiger partial charge in [0.1, 0.15) is 0 Å². The number of aromatic nitrogens is 4. The highest BCUT2D eigenvalue weighted by Gasteiger charge is 2.73. The van der Waals surface area contributed by atoms with Crippen molar-refractivity contribution in [2.75, 3.05) is 0 Å². The molecule has 0 aliphatic carbocycles. The molecule has 5 rings (SSSR count). The minimum Gasteiger partial charge on any atom is -0.355 e. The van der Waals surface area contributed by atoms with E-state index in [0.717, 1.165) is 6.07 Å². The Kier molecular flexibility index (Phi) is 4.71. The number of hydrogen-bond acceptors (Lipinski definition) is 2.